The Labute approximate surface area is 152 Å². The first-order valence-corrected chi connectivity index (χ1v) is 9.73. The lowest BCUT2D eigenvalue weighted by molar-refractivity contribution is 0.132. The van der Waals surface area contributed by atoms with Gasteiger partial charge in [-0.15, -0.1) is 0 Å². The predicted octanol–water partition coefficient (Wildman–Crippen LogP) is 1.77. The van der Waals surface area contributed by atoms with Gasteiger partial charge in [0.1, 0.15) is 5.75 Å². The Hall–Kier alpha value is -2.99. The molecular formula is C16H14N5O5P. The molecule has 1 aliphatic heterocycles. The van der Waals surface area contributed by atoms with Crippen LogP contribution in [0.3, 0.4) is 0 Å². The number of fused-ring (bicyclic) bond motifs is 2. The Balaban J connectivity index is 1.36. The SMILES string of the molecule is N#Cc1ccc2c(c1)COP(=O)(COCCn1cnc3c(=O)[nH]cnc31)O2. The molecule has 0 radical (unpaired) electrons. The van der Waals surface area contributed by atoms with E-state index in [1.54, 1.807) is 22.8 Å². The lowest BCUT2D eigenvalue weighted by atomic mass is 10.1. The second-order valence-electron chi connectivity index (χ2n) is 5.79. The predicted molar refractivity (Wildman–Crippen MR) is 93.1 cm³/mol. The quantitative estimate of drug-likeness (QED) is 0.517. The third-order valence-corrected chi connectivity index (χ3v) is 5.47. The number of imidazole rings is 1. The van der Waals surface area contributed by atoms with Crippen LogP contribution in [0.15, 0.2) is 35.6 Å². The van der Waals surface area contributed by atoms with E-state index in [4.69, 9.17) is 19.0 Å². The Morgan fingerprint density at radius 1 is 1.41 bits per heavy atom. The molecule has 2 aromatic heterocycles. The molecule has 1 aliphatic rings. The minimum atomic E-state index is -3.43. The summed E-state index contributed by atoms with van der Waals surface area (Å²) in [6.45, 7) is 0.663. The highest BCUT2D eigenvalue weighted by Crippen LogP contribution is 2.53. The minimum Gasteiger partial charge on any atom is -0.422 e. The summed E-state index contributed by atoms with van der Waals surface area (Å²) >= 11 is 0. The van der Waals surface area contributed by atoms with Crippen molar-refractivity contribution >= 4 is 18.8 Å². The normalized spacial score (nSPS) is 18.6. The number of hydrogen-bond donors (Lipinski definition) is 1. The summed E-state index contributed by atoms with van der Waals surface area (Å²) in [5.74, 6) is 0.427. The van der Waals surface area contributed by atoms with Crippen molar-refractivity contribution in [1.29, 1.82) is 5.26 Å². The molecule has 0 aliphatic carbocycles. The lowest BCUT2D eigenvalue weighted by Gasteiger charge is -2.25. The molecule has 1 atom stereocenters. The topological polar surface area (TPSA) is 132 Å². The first kappa shape index (κ1) is 17.4. The molecule has 1 unspecified atom stereocenters. The molecule has 1 aromatic carbocycles. The first-order chi connectivity index (χ1) is 13.1. The molecule has 0 saturated heterocycles. The number of nitrogens with one attached hydrogen (secondary N) is 1. The molecule has 1 N–H and O–H groups in total. The van der Waals surface area contributed by atoms with E-state index in [9.17, 15) is 9.36 Å². The largest absolute Gasteiger partial charge is 0.422 e. The molecule has 3 heterocycles. The second-order valence-corrected chi connectivity index (χ2v) is 7.71. The highest BCUT2D eigenvalue weighted by atomic mass is 31.2. The van der Waals surface area contributed by atoms with Crippen LogP contribution >= 0.6 is 7.60 Å². The van der Waals surface area contributed by atoms with Gasteiger partial charge in [-0.2, -0.15) is 5.26 Å². The van der Waals surface area contributed by atoms with E-state index < -0.39 is 7.60 Å². The summed E-state index contributed by atoms with van der Waals surface area (Å²) in [5, 5.41) is 8.91. The van der Waals surface area contributed by atoms with Gasteiger partial charge in [-0.05, 0) is 18.2 Å². The van der Waals surface area contributed by atoms with Gasteiger partial charge in [0.25, 0.3) is 5.56 Å². The molecule has 27 heavy (non-hydrogen) atoms. The number of ether oxygens (including phenoxy) is 1. The number of aromatic amines is 1. The zero-order valence-corrected chi connectivity index (χ0v) is 14.9. The van der Waals surface area contributed by atoms with Crippen LogP contribution in [0.5, 0.6) is 5.75 Å². The van der Waals surface area contributed by atoms with Crippen molar-refractivity contribution in [1.82, 2.24) is 19.5 Å². The number of benzene rings is 1. The van der Waals surface area contributed by atoms with E-state index in [2.05, 4.69) is 15.0 Å². The van der Waals surface area contributed by atoms with Gasteiger partial charge in [-0.25, -0.2) is 14.5 Å². The average molecular weight is 387 g/mol. The second kappa shape index (κ2) is 6.96. The maximum atomic E-state index is 12.7. The van der Waals surface area contributed by atoms with Crippen LogP contribution < -0.4 is 10.1 Å². The van der Waals surface area contributed by atoms with Crippen molar-refractivity contribution in [2.75, 3.05) is 13.0 Å². The Morgan fingerprint density at radius 2 is 2.30 bits per heavy atom. The smallest absolute Gasteiger partial charge is 0.405 e. The van der Waals surface area contributed by atoms with E-state index in [0.717, 1.165) is 0 Å². The number of H-pyrrole nitrogens is 1. The van der Waals surface area contributed by atoms with Crippen LogP contribution in [0, 0.1) is 11.3 Å². The van der Waals surface area contributed by atoms with E-state index in [0.29, 0.717) is 29.1 Å². The average Bonchev–Trinajstić information content (AvgIpc) is 3.09. The maximum absolute atomic E-state index is 12.7. The number of nitriles is 1. The van der Waals surface area contributed by atoms with Crippen molar-refractivity contribution < 1.29 is 18.3 Å². The molecule has 0 bridgehead atoms. The van der Waals surface area contributed by atoms with E-state index >= 15 is 0 Å². The van der Waals surface area contributed by atoms with Crippen LogP contribution in [0.4, 0.5) is 0 Å². The molecular weight excluding hydrogens is 373 g/mol. The van der Waals surface area contributed by atoms with Crippen molar-refractivity contribution in [3.8, 4) is 11.8 Å². The van der Waals surface area contributed by atoms with Crippen LogP contribution in [-0.4, -0.2) is 32.5 Å². The summed E-state index contributed by atoms with van der Waals surface area (Å²) < 4.78 is 30.6. The molecule has 3 aromatic rings. The molecule has 11 heteroatoms. The minimum absolute atomic E-state index is 0.0876. The van der Waals surface area contributed by atoms with Gasteiger partial charge in [-0.3, -0.25) is 9.32 Å². The fourth-order valence-corrected chi connectivity index (χ4v) is 4.00. The fraction of sp³-hybridized carbons (Fsp3) is 0.250. The molecule has 10 nitrogen and oxygen atoms in total. The fourth-order valence-electron chi connectivity index (χ4n) is 2.65. The standard InChI is InChI=1S/C16H14N5O5P/c17-6-11-1-2-13-12(5-11)7-25-27(23,26-13)10-24-4-3-21-9-20-14-15(21)18-8-19-16(14)22/h1-2,5,8-9H,3-4,7,10H2,(H,18,19,22). The number of aromatic nitrogens is 4. The van der Waals surface area contributed by atoms with Gasteiger partial charge in [0.2, 0.25) is 0 Å². The summed E-state index contributed by atoms with van der Waals surface area (Å²) in [7, 11) is -3.43. The molecule has 0 saturated carbocycles. The first-order valence-electron chi connectivity index (χ1n) is 8.00. The number of nitrogens with zero attached hydrogens (tertiary/aromatic N) is 4. The highest BCUT2D eigenvalue weighted by Gasteiger charge is 2.32. The van der Waals surface area contributed by atoms with Gasteiger partial charge >= 0.3 is 7.60 Å². The van der Waals surface area contributed by atoms with Crippen LogP contribution in [0.2, 0.25) is 0 Å². The summed E-state index contributed by atoms with van der Waals surface area (Å²) in [4.78, 5) is 22.2. The molecule has 0 spiro atoms. The van der Waals surface area contributed by atoms with Crippen molar-refractivity contribution in [3.63, 3.8) is 0 Å². The monoisotopic (exact) mass is 387 g/mol. The van der Waals surface area contributed by atoms with E-state index in [1.165, 1.54) is 12.7 Å². The van der Waals surface area contributed by atoms with Crippen molar-refractivity contribution in [2.24, 2.45) is 0 Å². The van der Waals surface area contributed by atoms with Crippen LogP contribution in [-0.2, 0) is 27.0 Å². The third kappa shape index (κ3) is 3.48. The summed E-state index contributed by atoms with van der Waals surface area (Å²) in [6, 6.07) is 6.86. The zero-order valence-electron chi connectivity index (χ0n) is 14.0. The van der Waals surface area contributed by atoms with Gasteiger partial charge in [0.05, 0.1) is 37.5 Å². The Morgan fingerprint density at radius 3 is 3.15 bits per heavy atom. The van der Waals surface area contributed by atoms with Gasteiger partial charge in [0, 0.05) is 12.1 Å². The number of hydrogen-bond acceptors (Lipinski definition) is 8. The van der Waals surface area contributed by atoms with E-state index in [1.807, 2.05) is 6.07 Å². The van der Waals surface area contributed by atoms with Crippen molar-refractivity contribution in [3.05, 3.63) is 52.3 Å². The Kier molecular flexibility index (Phi) is 4.49. The summed E-state index contributed by atoms with van der Waals surface area (Å²) in [6.07, 6.45) is 2.59. The van der Waals surface area contributed by atoms with Crippen LogP contribution in [0.25, 0.3) is 11.2 Å². The Bertz CT molecular complexity index is 1150. The van der Waals surface area contributed by atoms with Gasteiger partial charge in [0.15, 0.2) is 17.5 Å². The van der Waals surface area contributed by atoms with Gasteiger partial charge in [-0.1, -0.05) is 0 Å². The molecule has 0 amide bonds. The van der Waals surface area contributed by atoms with Crippen molar-refractivity contribution in [2.45, 2.75) is 13.2 Å². The van der Waals surface area contributed by atoms with E-state index in [-0.39, 0.29) is 30.6 Å². The summed E-state index contributed by atoms with van der Waals surface area (Å²) in [5.41, 5.74) is 1.53. The lowest BCUT2D eigenvalue weighted by Crippen LogP contribution is -2.14. The molecule has 138 valence electrons. The van der Waals surface area contributed by atoms with Gasteiger partial charge < -0.3 is 18.8 Å². The molecule has 0 fully saturated rings. The third-order valence-electron chi connectivity index (χ3n) is 3.98. The number of rotatable bonds is 5. The molecule has 4 rings (SSSR count). The highest BCUT2D eigenvalue weighted by molar-refractivity contribution is 7.54. The zero-order chi connectivity index (χ0) is 18.9. The maximum Gasteiger partial charge on any atom is 0.405 e. The van der Waals surface area contributed by atoms with Crippen LogP contribution in [0.1, 0.15) is 11.1 Å².